The van der Waals surface area contributed by atoms with Gasteiger partial charge in [0.25, 0.3) is 5.56 Å². The fraction of sp³-hybridized carbons (Fsp3) is 0.120. The number of aryl methyl sites for hydroxylation is 1. The molecule has 160 valence electrons. The van der Waals surface area contributed by atoms with Gasteiger partial charge in [-0.1, -0.05) is 72.4 Å². The predicted molar refractivity (Wildman–Crippen MR) is 126 cm³/mol. The molecule has 6 nitrogen and oxygen atoms in total. The number of amides is 2. The Morgan fingerprint density at radius 1 is 0.906 bits per heavy atom. The van der Waals surface area contributed by atoms with Crippen molar-refractivity contribution in [1.82, 2.24) is 14.9 Å². The van der Waals surface area contributed by atoms with E-state index >= 15 is 0 Å². The number of hydrogen-bond donors (Lipinski definition) is 1. The fourth-order valence-corrected chi connectivity index (χ4v) is 4.19. The van der Waals surface area contributed by atoms with Crippen molar-refractivity contribution in [3.05, 3.63) is 100 Å². The van der Waals surface area contributed by atoms with Crippen LogP contribution < -0.4 is 10.9 Å². The van der Waals surface area contributed by atoms with E-state index in [0.29, 0.717) is 21.7 Å². The first-order chi connectivity index (χ1) is 15.5. The average molecular weight is 444 g/mol. The number of aromatic nitrogens is 2. The lowest BCUT2D eigenvalue weighted by molar-refractivity contribution is -0.128. The van der Waals surface area contributed by atoms with Crippen molar-refractivity contribution in [2.45, 2.75) is 18.5 Å². The zero-order valence-corrected chi connectivity index (χ0v) is 18.3. The molecule has 4 aromatic rings. The normalized spacial score (nSPS) is 10.8. The number of hydrogen-bond acceptors (Lipinski definition) is 5. The van der Waals surface area contributed by atoms with Crippen LogP contribution in [0.5, 0.6) is 0 Å². The molecule has 32 heavy (non-hydrogen) atoms. The molecule has 7 heteroatoms. The average Bonchev–Trinajstić information content (AvgIpc) is 2.79. The largest absolute Gasteiger partial charge is 0.295 e. The highest BCUT2D eigenvalue weighted by Crippen LogP contribution is 2.23. The first-order valence-electron chi connectivity index (χ1n) is 10.1. The van der Waals surface area contributed by atoms with Crippen molar-refractivity contribution in [3.8, 4) is 5.69 Å². The molecule has 0 aliphatic heterocycles. The molecule has 4 rings (SSSR count). The minimum absolute atomic E-state index is 0.0445. The van der Waals surface area contributed by atoms with Crippen LogP contribution in [0, 0.1) is 6.92 Å². The molecule has 1 heterocycles. The third kappa shape index (κ3) is 4.78. The highest BCUT2D eigenvalue weighted by atomic mass is 32.2. The van der Waals surface area contributed by atoms with Crippen LogP contribution >= 0.6 is 11.8 Å². The summed E-state index contributed by atoms with van der Waals surface area (Å²) in [5.41, 5.74) is 2.81. The van der Waals surface area contributed by atoms with Crippen LogP contribution in [0.15, 0.2) is 88.8 Å². The van der Waals surface area contributed by atoms with Gasteiger partial charge in [-0.25, -0.2) is 4.98 Å². The quantitative estimate of drug-likeness (QED) is 0.363. The molecule has 1 aromatic heterocycles. The third-order valence-corrected chi connectivity index (χ3v) is 5.86. The van der Waals surface area contributed by atoms with Crippen LogP contribution in [0.2, 0.25) is 0 Å². The Morgan fingerprint density at radius 2 is 1.59 bits per heavy atom. The summed E-state index contributed by atoms with van der Waals surface area (Å²) in [7, 11) is 0. The van der Waals surface area contributed by atoms with Gasteiger partial charge in [-0.15, -0.1) is 0 Å². The SMILES string of the molecule is Cc1ccccc1-n1c(SCC(=O)NC(=O)Cc2ccccc2)nc2ccccc2c1=O. The standard InChI is InChI=1S/C25H21N3O3S/c1-17-9-5-8-14-21(17)28-24(31)19-12-6-7-13-20(19)26-25(28)32-16-23(30)27-22(29)15-18-10-3-2-4-11-18/h2-14H,15-16H2,1H3,(H,27,29,30). The topological polar surface area (TPSA) is 81.1 Å². The molecule has 0 saturated heterocycles. The number of carbonyl (C=O) groups excluding carboxylic acids is 2. The van der Waals surface area contributed by atoms with Crippen LogP contribution in [0.3, 0.4) is 0 Å². The van der Waals surface area contributed by atoms with Gasteiger partial charge in [0.1, 0.15) is 0 Å². The molecule has 0 radical (unpaired) electrons. The molecule has 0 spiro atoms. The molecule has 0 atom stereocenters. The van der Waals surface area contributed by atoms with E-state index in [1.54, 1.807) is 18.2 Å². The van der Waals surface area contributed by atoms with Crippen LogP contribution in [0.25, 0.3) is 16.6 Å². The summed E-state index contributed by atoms with van der Waals surface area (Å²) in [5, 5.41) is 3.31. The Kier molecular flexibility index (Phi) is 6.47. The maximum absolute atomic E-state index is 13.3. The highest BCUT2D eigenvalue weighted by molar-refractivity contribution is 7.99. The fourth-order valence-electron chi connectivity index (χ4n) is 3.38. The Labute approximate surface area is 189 Å². The smallest absolute Gasteiger partial charge is 0.266 e. The molecule has 0 aliphatic rings. The Balaban J connectivity index is 1.58. The van der Waals surface area contributed by atoms with Crippen molar-refractivity contribution in [2.75, 3.05) is 5.75 Å². The van der Waals surface area contributed by atoms with Crippen molar-refractivity contribution in [2.24, 2.45) is 0 Å². The van der Waals surface area contributed by atoms with Gasteiger partial charge in [-0.3, -0.25) is 24.3 Å². The number of carbonyl (C=O) groups is 2. The number of para-hydroxylation sites is 2. The first kappa shape index (κ1) is 21.5. The van der Waals surface area contributed by atoms with E-state index < -0.39 is 5.91 Å². The van der Waals surface area contributed by atoms with E-state index in [1.165, 1.54) is 4.57 Å². The monoisotopic (exact) mass is 443 g/mol. The van der Waals surface area contributed by atoms with Gasteiger partial charge < -0.3 is 0 Å². The van der Waals surface area contributed by atoms with Gasteiger partial charge >= 0.3 is 0 Å². The summed E-state index contributed by atoms with van der Waals surface area (Å²) >= 11 is 1.12. The van der Waals surface area contributed by atoms with Crippen LogP contribution in [-0.2, 0) is 16.0 Å². The zero-order chi connectivity index (χ0) is 22.5. The maximum Gasteiger partial charge on any atom is 0.266 e. The lowest BCUT2D eigenvalue weighted by Gasteiger charge is -2.15. The van der Waals surface area contributed by atoms with Gasteiger partial charge in [0.2, 0.25) is 11.8 Å². The van der Waals surface area contributed by atoms with Crippen LogP contribution in [0.1, 0.15) is 11.1 Å². The molecule has 0 saturated carbocycles. The minimum atomic E-state index is -0.435. The molecule has 0 aliphatic carbocycles. The summed E-state index contributed by atoms with van der Waals surface area (Å²) in [6.45, 7) is 1.92. The molecule has 1 N–H and O–H groups in total. The highest BCUT2D eigenvalue weighted by Gasteiger charge is 2.16. The van der Waals surface area contributed by atoms with Crippen molar-refractivity contribution in [1.29, 1.82) is 0 Å². The lowest BCUT2D eigenvalue weighted by atomic mass is 10.1. The molecule has 0 fully saturated rings. The molecule has 3 aromatic carbocycles. The Bertz CT molecular complexity index is 1350. The second-order valence-electron chi connectivity index (χ2n) is 7.26. The summed E-state index contributed by atoms with van der Waals surface area (Å²) in [6.07, 6.45) is 0.124. The second kappa shape index (κ2) is 9.62. The van der Waals surface area contributed by atoms with Crippen molar-refractivity contribution in [3.63, 3.8) is 0 Å². The summed E-state index contributed by atoms with van der Waals surface area (Å²) in [6, 6.07) is 23.9. The number of nitrogens with zero attached hydrogens (tertiary/aromatic N) is 2. The number of nitrogens with one attached hydrogen (secondary N) is 1. The number of benzene rings is 3. The minimum Gasteiger partial charge on any atom is -0.295 e. The summed E-state index contributed by atoms with van der Waals surface area (Å²) in [5.74, 6) is -0.851. The number of thioether (sulfide) groups is 1. The molecular weight excluding hydrogens is 422 g/mol. The number of fused-ring (bicyclic) bond motifs is 1. The van der Waals surface area contributed by atoms with Gasteiger partial charge in [0, 0.05) is 0 Å². The number of rotatable bonds is 6. The van der Waals surface area contributed by atoms with E-state index in [0.717, 1.165) is 22.9 Å². The van der Waals surface area contributed by atoms with E-state index in [9.17, 15) is 14.4 Å². The van der Waals surface area contributed by atoms with E-state index in [2.05, 4.69) is 10.3 Å². The van der Waals surface area contributed by atoms with Crippen LogP contribution in [0.4, 0.5) is 0 Å². The molecule has 0 bridgehead atoms. The molecule has 2 amide bonds. The van der Waals surface area contributed by atoms with Crippen molar-refractivity contribution < 1.29 is 9.59 Å². The molecule has 0 unspecified atom stereocenters. The van der Waals surface area contributed by atoms with Gasteiger partial charge in [-0.05, 0) is 36.2 Å². The summed E-state index contributed by atoms with van der Waals surface area (Å²) in [4.78, 5) is 42.5. The van der Waals surface area contributed by atoms with Gasteiger partial charge in [0.15, 0.2) is 5.16 Å². The zero-order valence-electron chi connectivity index (χ0n) is 17.4. The Hall–Kier alpha value is -3.71. The van der Waals surface area contributed by atoms with E-state index in [-0.39, 0.29) is 23.6 Å². The predicted octanol–water partition coefficient (Wildman–Crippen LogP) is 3.67. The summed E-state index contributed by atoms with van der Waals surface area (Å²) < 4.78 is 1.53. The van der Waals surface area contributed by atoms with E-state index in [1.807, 2.05) is 67.6 Å². The lowest BCUT2D eigenvalue weighted by Crippen LogP contribution is -2.33. The van der Waals surface area contributed by atoms with E-state index in [4.69, 9.17) is 0 Å². The van der Waals surface area contributed by atoms with Crippen LogP contribution in [-0.4, -0.2) is 27.1 Å². The maximum atomic E-state index is 13.3. The second-order valence-corrected chi connectivity index (χ2v) is 8.20. The number of imide groups is 1. The molecular formula is C25H21N3O3S. The first-order valence-corrected chi connectivity index (χ1v) is 11.1. The Morgan fingerprint density at radius 3 is 2.38 bits per heavy atom. The van der Waals surface area contributed by atoms with Gasteiger partial charge in [0.05, 0.1) is 28.8 Å². The van der Waals surface area contributed by atoms with Gasteiger partial charge in [-0.2, -0.15) is 0 Å². The van der Waals surface area contributed by atoms with Crippen molar-refractivity contribution >= 4 is 34.5 Å². The third-order valence-electron chi connectivity index (χ3n) is 4.92.